The number of fused-ring (bicyclic) bond motifs is 8. The van der Waals surface area contributed by atoms with Crippen LogP contribution in [0.2, 0.25) is 38.3 Å². The third-order valence-electron chi connectivity index (χ3n) is 12.9. The van der Waals surface area contributed by atoms with Gasteiger partial charge in [0.25, 0.3) is 0 Å². The van der Waals surface area contributed by atoms with E-state index in [2.05, 4.69) is 72.8 Å². The monoisotopic (exact) mass is 1020 g/mol. The summed E-state index contributed by atoms with van der Waals surface area (Å²) in [5.41, 5.74) is 5.57. The lowest BCUT2D eigenvalue weighted by Gasteiger charge is -2.28. The lowest BCUT2D eigenvalue weighted by molar-refractivity contribution is -0.0862. The fourth-order valence-electron chi connectivity index (χ4n) is 9.35. The second-order valence-corrected chi connectivity index (χ2v) is 28.1. The van der Waals surface area contributed by atoms with Crippen LogP contribution in [0.3, 0.4) is 0 Å². The Balaban J connectivity index is 1.31. The van der Waals surface area contributed by atoms with Gasteiger partial charge in [-0.15, -0.1) is 0 Å². The zero-order valence-corrected chi connectivity index (χ0v) is 44.7. The maximum atomic E-state index is 10.6. The van der Waals surface area contributed by atoms with E-state index in [1.54, 1.807) is 0 Å². The van der Waals surface area contributed by atoms with Gasteiger partial charge in [-0.2, -0.15) is 0 Å². The highest BCUT2D eigenvalue weighted by atomic mass is 28.4. The summed E-state index contributed by atoms with van der Waals surface area (Å²) in [6.45, 7) is 13.5. The Labute approximate surface area is 427 Å². The average Bonchev–Trinajstić information content (AvgIpc) is 3.36. The highest BCUT2D eigenvalue weighted by Crippen LogP contribution is 2.53. The first-order chi connectivity index (χ1) is 35.0. The molecule has 386 valence electrons. The summed E-state index contributed by atoms with van der Waals surface area (Å²) in [5, 5.41) is 3.83. The van der Waals surface area contributed by atoms with Crippen LogP contribution < -0.4 is 18.9 Å². The van der Waals surface area contributed by atoms with Gasteiger partial charge in [0.2, 0.25) is 0 Å². The van der Waals surface area contributed by atoms with Crippen LogP contribution in [0, 0.1) is 0 Å². The summed E-state index contributed by atoms with van der Waals surface area (Å²) in [5.74, 6) is 2.81. The van der Waals surface area contributed by atoms with Crippen LogP contribution in [0.25, 0.3) is 54.9 Å². The summed E-state index contributed by atoms with van der Waals surface area (Å²) in [7, 11) is -4.52. The van der Waals surface area contributed by atoms with Crippen LogP contribution in [0.15, 0.2) is 109 Å². The summed E-state index contributed by atoms with van der Waals surface area (Å²) in [4.78, 5) is 21.3. The quantitative estimate of drug-likeness (QED) is 0.0893. The van der Waals surface area contributed by atoms with E-state index in [4.69, 9.17) is 47.4 Å². The molecule has 0 saturated heterocycles. The van der Waals surface area contributed by atoms with Crippen molar-refractivity contribution in [3.63, 3.8) is 0 Å². The molecule has 0 amide bonds. The smallest absolute Gasteiger partial charge is 0.182 e. The third kappa shape index (κ3) is 15.4. The standard InChI is InChI=1S/C58H74O12Si2/c1-71(2,59)37-11-23-67-53-21-25-65-47-19-20-49-46(39-47)41-52(44-15-9-6-10-16-44)57-55(49)56-50-42-48(66-26-22-54(53)68-24-12-38-72(3,4)60)18-17-45(50)40-51(43-13-7-5-8-14-43)58(56)70-36-34-64-32-30-62-28-27-61-29-31-63-33-35-69-57/h5-10,13-20,39-42,53-54,59-60H,11-12,21-38H2,1-4H3/t53-,54-/m1/s1. The van der Waals surface area contributed by atoms with Crippen molar-refractivity contribution in [1.82, 2.24) is 0 Å². The van der Waals surface area contributed by atoms with Crippen LogP contribution in [0.1, 0.15) is 25.7 Å². The van der Waals surface area contributed by atoms with E-state index in [1.807, 2.05) is 62.6 Å². The number of hydrogen-bond donors (Lipinski definition) is 2. The largest absolute Gasteiger partial charge is 0.493 e. The molecule has 0 aliphatic carbocycles. The molecule has 12 nitrogen and oxygen atoms in total. The molecule has 6 bridgehead atoms. The van der Waals surface area contributed by atoms with E-state index in [0.717, 1.165) is 85.6 Å². The van der Waals surface area contributed by atoms with Crippen LogP contribution >= 0.6 is 0 Å². The number of hydrogen-bond acceptors (Lipinski definition) is 12. The maximum Gasteiger partial charge on any atom is 0.182 e. The van der Waals surface area contributed by atoms with E-state index >= 15 is 0 Å². The molecular weight excluding hydrogens is 945 g/mol. The molecule has 72 heavy (non-hydrogen) atoms. The summed E-state index contributed by atoms with van der Waals surface area (Å²) < 4.78 is 64.7. The molecule has 9 rings (SSSR count). The van der Waals surface area contributed by atoms with Gasteiger partial charge in [0.1, 0.15) is 36.2 Å². The number of benzene rings is 6. The van der Waals surface area contributed by atoms with Gasteiger partial charge >= 0.3 is 0 Å². The second kappa shape index (κ2) is 26.4. The Morgan fingerprint density at radius 2 is 0.875 bits per heavy atom. The normalized spacial score (nSPS) is 18.3. The molecule has 0 aromatic heterocycles. The van der Waals surface area contributed by atoms with Gasteiger partial charge in [-0.3, -0.25) is 0 Å². The Kier molecular flexibility index (Phi) is 19.6. The first-order valence-corrected chi connectivity index (χ1v) is 32.1. The van der Waals surface area contributed by atoms with Gasteiger partial charge in [-0.25, -0.2) is 0 Å². The molecule has 6 aromatic carbocycles. The molecule has 3 aliphatic heterocycles. The first-order valence-electron chi connectivity index (χ1n) is 25.8. The van der Waals surface area contributed by atoms with Gasteiger partial charge in [0.15, 0.2) is 16.6 Å². The minimum absolute atomic E-state index is 0.276. The van der Waals surface area contributed by atoms with Gasteiger partial charge in [0.05, 0.1) is 78.3 Å². The van der Waals surface area contributed by atoms with Crippen molar-refractivity contribution in [2.24, 2.45) is 0 Å². The van der Waals surface area contributed by atoms with Crippen LogP contribution in [0.5, 0.6) is 23.0 Å². The highest BCUT2D eigenvalue weighted by Gasteiger charge is 2.29. The molecule has 2 N–H and O–H groups in total. The number of ether oxygens (including phenoxy) is 10. The van der Waals surface area contributed by atoms with Crippen molar-refractivity contribution in [3.8, 4) is 56.4 Å². The van der Waals surface area contributed by atoms with Crippen molar-refractivity contribution in [2.75, 3.05) is 92.5 Å². The van der Waals surface area contributed by atoms with Crippen molar-refractivity contribution < 1.29 is 57.0 Å². The lowest BCUT2D eigenvalue weighted by atomic mass is 9.86. The second-order valence-electron chi connectivity index (χ2n) is 19.8. The molecule has 0 saturated carbocycles. The lowest BCUT2D eigenvalue weighted by Crippen LogP contribution is -2.36. The minimum Gasteiger partial charge on any atom is -0.493 e. The van der Waals surface area contributed by atoms with Crippen molar-refractivity contribution in [2.45, 2.75) is 76.2 Å². The maximum absolute atomic E-state index is 10.6. The van der Waals surface area contributed by atoms with E-state index in [0.29, 0.717) is 109 Å². The Morgan fingerprint density at radius 3 is 1.36 bits per heavy atom. The molecule has 0 fully saturated rings. The predicted molar refractivity (Wildman–Crippen MR) is 290 cm³/mol. The van der Waals surface area contributed by atoms with Crippen LogP contribution in [-0.2, 0) is 28.4 Å². The zero-order valence-electron chi connectivity index (χ0n) is 42.7. The zero-order chi connectivity index (χ0) is 50.2. The van der Waals surface area contributed by atoms with E-state index in [1.165, 1.54) is 0 Å². The Bertz CT molecular complexity index is 2620. The Morgan fingerprint density at radius 1 is 0.444 bits per heavy atom. The van der Waals surface area contributed by atoms with Gasteiger partial charge in [0, 0.05) is 48.3 Å². The molecule has 0 radical (unpaired) electrons. The van der Waals surface area contributed by atoms with Crippen molar-refractivity contribution in [3.05, 3.63) is 109 Å². The average molecular weight is 1020 g/mol. The summed E-state index contributed by atoms with van der Waals surface area (Å²) in [6.07, 6.45) is 2.02. The number of rotatable bonds is 12. The van der Waals surface area contributed by atoms with Gasteiger partial charge < -0.3 is 57.0 Å². The molecule has 14 heteroatoms. The summed E-state index contributed by atoms with van der Waals surface area (Å²) >= 11 is 0. The van der Waals surface area contributed by atoms with Crippen LogP contribution in [0.4, 0.5) is 0 Å². The molecule has 3 heterocycles. The molecule has 3 aliphatic rings. The van der Waals surface area contributed by atoms with Crippen molar-refractivity contribution >= 4 is 38.2 Å². The molecule has 2 atom stereocenters. The van der Waals surface area contributed by atoms with Gasteiger partial charge in [-0.1, -0.05) is 66.7 Å². The third-order valence-corrected chi connectivity index (χ3v) is 16.1. The van der Waals surface area contributed by atoms with E-state index < -0.39 is 16.6 Å². The first kappa shape index (κ1) is 53.4. The van der Waals surface area contributed by atoms with Gasteiger partial charge in [-0.05, 0) is 126 Å². The molecule has 0 unspecified atom stereocenters. The highest BCUT2D eigenvalue weighted by molar-refractivity contribution is 6.70. The molecular formula is C58H74O12Si2. The fourth-order valence-corrected chi connectivity index (χ4v) is 11.4. The van der Waals surface area contributed by atoms with E-state index in [9.17, 15) is 9.59 Å². The SMILES string of the molecule is C[Si](C)(O)CCCO[C@@H]1CCOc2ccc3c4c(c(-c5ccccc5)cc3c2)OCCOCCOCCOCCOCCOc2c(-c3ccccc3)cc3ccc(cc3c2-4)OCC[C@H]1OCCC[Si](C)(C)O. The Hall–Kier alpha value is -4.85. The summed E-state index contributed by atoms with van der Waals surface area (Å²) in [6, 6.07) is 39.2. The topological polar surface area (TPSA) is 133 Å². The predicted octanol–water partition coefficient (Wildman–Crippen LogP) is 11.3. The van der Waals surface area contributed by atoms with Crippen LogP contribution in [-0.4, -0.2) is 131 Å². The minimum atomic E-state index is -2.26. The molecule has 0 spiro atoms. The van der Waals surface area contributed by atoms with E-state index in [-0.39, 0.29) is 25.4 Å². The fraction of sp³-hybridized carbons (Fsp3) is 0.448. The van der Waals surface area contributed by atoms with Crippen molar-refractivity contribution in [1.29, 1.82) is 0 Å². The molecule has 6 aromatic rings.